The molecule has 136 valence electrons. The van der Waals surface area contributed by atoms with Gasteiger partial charge in [0.1, 0.15) is 12.4 Å². The smallest absolute Gasteiger partial charge is 0.337 e. The third-order valence-electron chi connectivity index (χ3n) is 4.03. The average molecular weight is 401 g/mol. The third-order valence-corrected chi connectivity index (χ3v) is 5.13. The third kappa shape index (κ3) is 3.36. The highest BCUT2D eigenvalue weighted by atomic mass is 35.5. The summed E-state index contributed by atoms with van der Waals surface area (Å²) >= 11 is 7.23. The van der Waals surface area contributed by atoms with E-state index in [4.69, 9.17) is 11.6 Å². The van der Waals surface area contributed by atoms with Crippen molar-refractivity contribution in [3.05, 3.63) is 69.5 Å². The first-order valence-electron chi connectivity index (χ1n) is 8.09. The molecular formula is C18H15ClN5O2S+. The molecule has 0 radical (unpaired) electrons. The number of aromatic hydroxyl groups is 1. The van der Waals surface area contributed by atoms with Gasteiger partial charge in [-0.15, -0.1) is 11.3 Å². The molecule has 0 aromatic carbocycles. The normalized spacial score (nSPS) is 11.0. The zero-order chi connectivity index (χ0) is 19.0. The number of nitrogens with zero attached hydrogens (tertiary/aromatic N) is 4. The predicted molar refractivity (Wildman–Crippen MR) is 102 cm³/mol. The van der Waals surface area contributed by atoms with Gasteiger partial charge < -0.3 is 10.4 Å². The van der Waals surface area contributed by atoms with Crippen molar-refractivity contribution in [2.75, 3.05) is 5.32 Å². The van der Waals surface area contributed by atoms with Crippen molar-refractivity contribution in [3.8, 4) is 5.88 Å². The van der Waals surface area contributed by atoms with Gasteiger partial charge in [-0.1, -0.05) is 17.7 Å². The molecule has 0 saturated heterocycles. The monoisotopic (exact) mass is 400 g/mol. The molecule has 0 saturated carbocycles. The maximum absolute atomic E-state index is 12.9. The van der Waals surface area contributed by atoms with Gasteiger partial charge in [-0.25, -0.2) is 9.97 Å². The summed E-state index contributed by atoms with van der Waals surface area (Å²) in [4.78, 5) is 21.9. The molecule has 4 aromatic heterocycles. The van der Waals surface area contributed by atoms with Crippen LogP contribution in [-0.2, 0) is 6.54 Å². The molecule has 0 fully saturated rings. The molecule has 2 N–H and O–H groups in total. The Labute approximate surface area is 163 Å². The standard InChI is InChI=1S/C18H14ClN5O2S/c1-11-5-6-20-13(8-11)22-16(25)15-17(26)24(10-12-9-21-18(19)27-12)14-4-2-3-7-23(14)15/h2-9H,10H2,1H3,(H-,20,22,25,26)/p+1. The number of carbonyl (C=O) groups excluding carboxylic acids is 1. The minimum Gasteiger partial charge on any atom is -0.474 e. The van der Waals surface area contributed by atoms with Crippen molar-refractivity contribution >= 4 is 40.3 Å². The van der Waals surface area contributed by atoms with Gasteiger partial charge >= 0.3 is 11.8 Å². The number of hydrogen-bond acceptors (Lipinski definition) is 5. The number of amides is 1. The highest BCUT2D eigenvalue weighted by Gasteiger charge is 2.31. The number of aromatic nitrogens is 4. The summed E-state index contributed by atoms with van der Waals surface area (Å²) in [5, 5.41) is 13.5. The van der Waals surface area contributed by atoms with Gasteiger partial charge in [0.05, 0.1) is 11.1 Å². The van der Waals surface area contributed by atoms with E-state index < -0.39 is 5.91 Å². The van der Waals surface area contributed by atoms with Gasteiger partial charge in [-0.2, -0.15) is 8.97 Å². The maximum atomic E-state index is 12.9. The van der Waals surface area contributed by atoms with Crippen LogP contribution in [0.2, 0.25) is 4.47 Å². The minimum atomic E-state index is -0.451. The summed E-state index contributed by atoms with van der Waals surface area (Å²) in [7, 11) is 0. The number of rotatable bonds is 4. The van der Waals surface area contributed by atoms with Crippen molar-refractivity contribution in [2.45, 2.75) is 13.5 Å². The molecule has 0 aliphatic carbocycles. The number of carbonyl (C=O) groups is 1. The summed E-state index contributed by atoms with van der Waals surface area (Å²) in [6, 6.07) is 9.06. The number of thiazole rings is 1. The SMILES string of the molecule is Cc1ccnc(NC(=O)c2c(O)n(Cc3cnc(Cl)s3)c3cccc[n+]23)c1. The van der Waals surface area contributed by atoms with Crippen molar-refractivity contribution in [1.82, 2.24) is 14.5 Å². The van der Waals surface area contributed by atoms with Crippen LogP contribution >= 0.6 is 22.9 Å². The predicted octanol–water partition coefficient (Wildman–Crippen LogP) is 3.05. The second-order valence-corrected chi connectivity index (χ2v) is 7.64. The number of hydrogen-bond donors (Lipinski definition) is 2. The van der Waals surface area contributed by atoms with E-state index in [9.17, 15) is 9.90 Å². The average Bonchev–Trinajstić information content (AvgIpc) is 3.17. The van der Waals surface area contributed by atoms with E-state index in [1.54, 1.807) is 39.7 Å². The van der Waals surface area contributed by atoms with E-state index in [0.717, 1.165) is 10.4 Å². The van der Waals surface area contributed by atoms with Crippen molar-refractivity contribution < 1.29 is 14.3 Å². The van der Waals surface area contributed by atoms with Crippen molar-refractivity contribution in [1.29, 1.82) is 0 Å². The van der Waals surface area contributed by atoms with Gasteiger partial charge in [0.15, 0.2) is 4.47 Å². The molecule has 4 aromatic rings. The number of imidazole rings is 1. The van der Waals surface area contributed by atoms with E-state index in [0.29, 0.717) is 22.5 Å². The lowest BCUT2D eigenvalue weighted by molar-refractivity contribution is -0.513. The largest absolute Gasteiger partial charge is 0.474 e. The van der Waals surface area contributed by atoms with E-state index >= 15 is 0 Å². The van der Waals surface area contributed by atoms with Crippen LogP contribution in [0.4, 0.5) is 5.82 Å². The van der Waals surface area contributed by atoms with Crippen LogP contribution in [0, 0.1) is 6.92 Å². The lowest BCUT2D eigenvalue weighted by Crippen LogP contribution is -2.30. The lowest BCUT2D eigenvalue weighted by atomic mass is 10.3. The highest BCUT2D eigenvalue weighted by Crippen LogP contribution is 2.25. The fourth-order valence-corrected chi connectivity index (χ4v) is 3.81. The molecule has 0 spiro atoms. The van der Waals surface area contributed by atoms with E-state index in [-0.39, 0.29) is 11.6 Å². The van der Waals surface area contributed by atoms with Crippen LogP contribution in [-0.4, -0.2) is 25.5 Å². The van der Waals surface area contributed by atoms with Gasteiger partial charge in [0, 0.05) is 18.5 Å². The number of halogens is 1. The topological polar surface area (TPSA) is 84.1 Å². The lowest BCUT2D eigenvalue weighted by Gasteiger charge is -2.02. The molecule has 7 nitrogen and oxygen atoms in total. The Balaban J connectivity index is 1.76. The maximum Gasteiger partial charge on any atom is 0.337 e. The highest BCUT2D eigenvalue weighted by molar-refractivity contribution is 7.15. The quantitative estimate of drug-likeness (QED) is 0.516. The number of aryl methyl sites for hydroxylation is 1. The zero-order valence-corrected chi connectivity index (χ0v) is 15.8. The second-order valence-electron chi connectivity index (χ2n) is 5.94. The van der Waals surface area contributed by atoms with Crippen LogP contribution in [0.15, 0.2) is 48.9 Å². The molecule has 0 aliphatic heterocycles. The van der Waals surface area contributed by atoms with Gasteiger partial charge in [-0.05, 0) is 30.7 Å². The Morgan fingerprint density at radius 3 is 2.96 bits per heavy atom. The molecule has 0 bridgehead atoms. The Bertz CT molecular complexity index is 1150. The molecule has 0 aliphatic rings. The van der Waals surface area contributed by atoms with Crippen LogP contribution in [0.25, 0.3) is 5.65 Å². The number of anilines is 1. The molecule has 0 unspecified atom stereocenters. The first-order chi connectivity index (χ1) is 13.0. The molecule has 4 rings (SSSR count). The molecule has 0 atom stereocenters. The van der Waals surface area contributed by atoms with Crippen LogP contribution in [0.3, 0.4) is 0 Å². The van der Waals surface area contributed by atoms with Crippen molar-refractivity contribution in [3.63, 3.8) is 0 Å². The summed E-state index contributed by atoms with van der Waals surface area (Å²) in [5.74, 6) is -0.171. The minimum absolute atomic E-state index is 0.129. The molecular weight excluding hydrogens is 386 g/mol. The number of fused-ring (bicyclic) bond motifs is 1. The fourth-order valence-electron chi connectivity index (χ4n) is 2.85. The Kier molecular flexibility index (Phi) is 4.51. The summed E-state index contributed by atoms with van der Waals surface area (Å²) in [6.07, 6.45) is 5.00. The molecule has 1 amide bonds. The van der Waals surface area contributed by atoms with Crippen LogP contribution in [0.5, 0.6) is 5.88 Å². The first kappa shape index (κ1) is 17.4. The fraction of sp³-hybridized carbons (Fsp3) is 0.111. The number of nitrogens with one attached hydrogen (secondary N) is 1. The Morgan fingerprint density at radius 2 is 2.22 bits per heavy atom. The molecule has 4 heterocycles. The van der Waals surface area contributed by atoms with Gasteiger partial charge in [0.2, 0.25) is 0 Å². The molecule has 27 heavy (non-hydrogen) atoms. The van der Waals surface area contributed by atoms with Crippen molar-refractivity contribution in [2.24, 2.45) is 0 Å². The van der Waals surface area contributed by atoms with E-state index in [2.05, 4.69) is 15.3 Å². The van der Waals surface area contributed by atoms with Crippen LogP contribution in [0.1, 0.15) is 20.9 Å². The summed E-state index contributed by atoms with van der Waals surface area (Å²) in [5.41, 5.74) is 1.77. The Morgan fingerprint density at radius 1 is 1.37 bits per heavy atom. The number of pyridine rings is 2. The first-order valence-corrected chi connectivity index (χ1v) is 9.28. The van der Waals surface area contributed by atoms with Gasteiger partial charge in [-0.3, -0.25) is 4.79 Å². The summed E-state index contributed by atoms with van der Waals surface area (Å²) < 4.78 is 3.71. The zero-order valence-electron chi connectivity index (χ0n) is 14.3. The Hall–Kier alpha value is -2.97. The van der Waals surface area contributed by atoms with E-state index in [1.165, 1.54) is 11.3 Å². The summed E-state index contributed by atoms with van der Waals surface area (Å²) in [6.45, 7) is 2.26. The second kappa shape index (κ2) is 6.98. The van der Waals surface area contributed by atoms with E-state index in [1.807, 2.05) is 25.1 Å². The molecule has 9 heteroatoms. The van der Waals surface area contributed by atoms with Gasteiger partial charge in [0.25, 0.3) is 11.3 Å². The van der Waals surface area contributed by atoms with Crippen LogP contribution < -0.4 is 9.72 Å².